The smallest absolute Gasteiger partial charge is 0.0154 e. The molecule has 0 aliphatic heterocycles. The van der Waals surface area contributed by atoms with Crippen LogP contribution in [0.4, 0.5) is 0 Å². The van der Waals surface area contributed by atoms with Gasteiger partial charge in [0.15, 0.2) is 0 Å². The number of alkyl halides is 1. The van der Waals surface area contributed by atoms with Crippen molar-refractivity contribution in [3.8, 4) is 0 Å². The molecule has 0 bridgehead atoms. The monoisotopic (exact) mass is 153 g/mol. The van der Waals surface area contributed by atoms with Crippen molar-refractivity contribution in [3.63, 3.8) is 0 Å². The first-order valence-corrected chi connectivity index (χ1v) is 3.30. The summed E-state index contributed by atoms with van der Waals surface area (Å²) in [6.45, 7) is 4.74. The minimum atomic E-state index is 0.736. The van der Waals surface area contributed by atoms with Gasteiger partial charge in [0.2, 0.25) is 0 Å². The minimum absolute atomic E-state index is 0.736. The molecule has 0 atom stereocenters. The standard InChI is InChI=1S/C2H6BrN.C2H6/c3-1-2-4;1-2/h1-2,4H2;1-2H3. The lowest BCUT2D eigenvalue weighted by Gasteiger charge is -1.68. The van der Waals surface area contributed by atoms with Crippen LogP contribution in [0.1, 0.15) is 13.8 Å². The zero-order chi connectivity index (χ0) is 5.41. The molecular formula is C4H12BrN. The number of hydrogen-bond donors (Lipinski definition) is 1. The molecule has 0 heterocycles. The lowest BCUT2D eigenvalue weighted by Crippen LogP contribution is -1.97. The molecule has 2 N–H and O–H groups in total. The molecule has 0 aromatic rings. The average Bonchev–Trinajstić information content (AvgIpc) is 1.72. The van der Waals surface area contributed by atoms with Crippen LogP contribution in [0, 0.1) is 0 Å². The molecule has 6 heavy (non-hydrogen) atoms. The van der Waals surface area contributed by atoms with E-state index >= 15 is 0 Å². The van der Waals surface area contributed by atoms with Crippen molar-refractivity contribution in [2.45, 2.75) is 13.8 Å². The third kappa shape index (κ3) is 25.3. The van der Waals surface area contributed by atoms with Gasteiger partial charge >= 0.3 is 0 Å². The first kappa shape index (κ1) is 9.67. The first-order chi connectivity index (χ1) is 2.91. The van der Waals surface area contributed by atoms with Gasteiger partial charge < -0.3 is 5.73 Å². The fourth-order valence-corrected chi connectivity index (χ4v) is 0. The summed E-state index contributed by atoms with van der Waals surface area (Å²) in [5.74, 6) is 0. The predicted molar refractivity (Wildman–Crippen MR) is 34.2 cm³/mol. The van der Waals surface area contributed by atoms with E-state index in [1.807, 2.05) is 13.8 Å². The largest absolute Gasteiger partial charge is 0.330 e. The van der Waals surface area contributed by atoms with Gasteiger partial charge in [-0.2, -0.15) is 0 Å². The lowest BCUT2D eigenvalue weighted by molar-refractivity contribution is 1.16. The van der Waals surface area contributed by atoms with Gasteiger partial charge in [0.25, 0.3) is 0 Å². The Labute approximate surface area is 48.0 Å². The van der Waals surface area contributed by atoms with Gasteiger partial charge in [-0.25, -0.2) is 0 Å². The van der Waals surface area contributed by atoms with Crippen molar-refractivity contribution < 1.29 is 0 Å². The average molecular weight is 154 g/mol. The molecule has 0 saturated heterocycles. The fourth-order valence-electron chi connectivity index (χ4n) is 0. The van der Waals surface area contributed by atoms with E-state index in [0.717, 1.165) is 11.9 Å². The Bertz CT molecular complexity index is 9.51. The molecule has 0 radical (unpaired) electrons. The van der Waals surface area contributed by atoms with Gasteiger partial charge in [-0.1, -0.05) is 29.8 Å². The highest BCUT2D eigenvalue weighted by Gasteiger charge is 1.57. The molecule has 0 aromatic heterocycles. The van der Waals surface area contributed by atoms with Crippen LogP contribution in [0.15, 0.2) is 0 Å². The Morgan fingerprint density at radius 2 is 1.67 bits per heavy atom. The van der Waals surface area contributed by atoms with Crippen molar-refractivity contribution in [1.82, 2.24) is 0 Å². The van der Waals surface area contributed by atoms with E-state index in [-0.39, 0.29) is 0 Å². The Morgan fingerprint density at radius 3 is 1.67 bits per heavy atom. The van der Waals surface area contributed by atoms with Gasteiger partial charge in [0.05, 0.1) is 0 Å². The molecular weight excluding hydrogens is 142 g/mol. The summed E-state index contributed by atoms with van der Waals surface area (Å²) in [7, 11) is 0. The molecule has 0 rings (SSSR count). The summed E-state index contributed by atoms with van der Waals surface area (Å²) in [6.07, 6.45) is 0. The van der Waals surface area contributed by atoms with Crippen LogP contribution in [-0.4, -0.2) is 11.9 Å². The van der Waals surface area contributed by atoms with Crippen molar-refractivity contribution in [1.29, 1.82) is 0 Å². The molecule has 0 aliphatic carbocycles. The normalized spacial score (nSPS) is 6.00. The summed E-state index contributed by atoms with van der Waals surface area (Å²) < 4.78 is 0. The number of nitrogens with two attached hydrogens (primary N) is 1. The molecule has 40 valence electrons. The molecule has 0 unspecified atom stereocenters. The highest BCUT2D eigenvalue weighted by molar-refractivity contribution is 9.09. The minimum Gasteiger partial charge on any atom is -0.330 e. The summed E-state index contributed by atoms with van der Waals surface area (Å²) in [4.78, 5) is 0. The second kappa shape index (κ2) is 18.0. The van der Waals surface area contributed by atoms with Crippen LogP contribution in [0.25, 0.3) is 0 Å². The van der Waals surface area contributed by atoms with E-state index in [0.29, 0.717) is 0 Å². The van der Waals surface area contributed by atoms with Crippen molar-refractivity contribution in [2.24, 2.45) is 5.73 Å². The predicted octanol–water partition coefficient (Wildman–Crippen LogP) is 1.37. The zero-order valence-corrected chi connectivity index (χ0v) is 5.96. The maximum atomic E-state index is 4.98. The van der Waals surface area contributed by atoms with Gasteiger partial charge in [-0.05, 0) is 0 Å². The van der Waals surface area contributed by atoms with E-state index in [4.69, 9.17) is 5.73 Å². The Hall–Kier alpha value is 0.440. The Morgan fingerprint density at radius 1 is 1.50 bits per heavy atom. The SMILES string of the molecule is CC.NCCBr. The molecule has 0 saturated carbocycles. The van der Waals surface area contributed by atoms with E-state index in [1.165, 1.54) is 0 Å². The van der Waals surface area contributed by atoms with E-state index < -0.39 is 0 Å². The van der Waals surface area contributed by atoms with Gasteiger partial charge in [0.1, 0.15) is 0 Å². The number of halogens is 1. The van der Waals surface area contributed by atoms with Crippen LogP contribution < -0.4 is 5.73 Å². The van der Waals surface area contributed by atoms with Crippen LogP contribution >= 0.6 is 15.9 Å². The number of rotatable bonds is 1. The third-order valence-corrected chi connectivity index (χ3v) is 0.567. The van der Waals surface area contributed by atoms with Crippen LogP contribution in [0.5, 0.6) is 0 Å². The van der Waals surface area contributed by atoms with E-state index in [1.54, 1.807) is 0 Å². The maximum absolute atomic E-state index is 4.98. The molecule has 0 aromatic carbocycles. The summed E-state index contributed by atoms with van der Waals surface area (Å²) >= 11 is 3.12. The molecule has 0 aliphatic rings. The zero-order valence-electron chi connectivity index (χ0n) is 4.37. The van der Waals surface area contributed by atoms with Crippen molar-refractivity contribution in [2.75, 3.05) is 11.9 Å². The van der Waals surface area contributed by atoms with Crippen molar-refractivity contribution in [3.05, 3.63) is 0 Å². The molecule has 1 nitrogen and oxygen atoms in total. The quantitative estimate of drug-likeness (QED) is 0.567. The fraction of sp³-hybridized carbons (Fsp3) is 1.00. The van der Waals surface area contributed by atoms with Crippen LogP contribution in [-0.2, 0) is 0 Å². The molecule has 0 fully saturated rings. The highest BCUT2D eigenvalue weighted by Crippen LogP contribution is 1.67. The second-order valence-electron chi connectivity index (χ2n) is 0.478. The van der Waals surface area contributed by atoms with Gasteiger partial charge in [-0.3, -0.25) is 0 Å². The van der Waals surface area contributed by atoms with Crippen LogP contribution in [0.3, 0.4) is 0 Å². The van der Waals surface area contributed by atoms with Crippen LogP contribution in [0.2, 0.25) is 0 Å². The van der Waals surface area contributed by atoms with E-state index in [2.05, 4.69) is 15.9 Å². The molecule has 0 spiro atoms. The Kier molecular flexibility index (Phi) is 29.0. The second-order valence-corrected chi connectivity index (χ2v) is 1.27. The summed E-state index contributed by atoms with van der Waals surface area (Å²) in [5.41, 5.74) is 4.98. The molecule has 2 heteroatoms. The molecule has 0 amide bonds. The maximum Gasteiger partial charge on any atom is 0.0154 e. The number of hydrogen-bond acceptors (Lipinski definition) is 1. The first-order valence-electron chi connectivity index (χ1n) is 2.18. The van der Waals surface area contributed by atoms with Crippen molar-refractivity contribution >= 4 is 15.9 Å². The summed E-state index contributed by atoms with van der Waals surface area (Å²) in [6, 6.07) is 0. The van der Waals surface area contributed by atoms with Gasteiger partial charge in [0, 0.05) is 11.9 Å². The summed E-state index contributed by atoms with van der Waals surface area (Å²) in [5, 5.41) is 0.910. The van der Waals surface area contributed by atoms with E-state index in [9.17, 15) is 0 Å². The topological polar surface area (TPSA) is 26.0 Å². The third-order valence-electron chi connectivity index (χ3n) is 0.109. The Balaban J connectivity index is 0. The highest BCUT2D eigenvalue weighted by atomic mass is 79.9. The lowest BCUT2D eigenvalue weighted by atomic mass is 10.8. The van der Waals surface area contributed by atoms with Gasteiger partial charge in [-0.15, -0.1) is 0 Å².